The second kappa shape index (κ2) is 8.16. The van der Waals surface area contributed by atoms with Crippen molar-refractivity contribution < 1.29 is 4.79 Å². The summed E-state index contributed by atoms with van der Waals surface area (Å²) in [5, 5.41) is 7.23. The quantitative estimate of drug-likeness (QED) is 0.670. The lowest BCUT2D eigenvalue weighted by Gasteiger charge is -2.16. The monoisotopic (exact) mass is 366 g/mol. The van der Waals surface area contributed by atoms with E-state index in [4.69, 9.17) is 5.73 Å². The Kier molecular flexibility index (Phi) is 5.69. The van der Waals surface area contributed by atoms with E-state index in [1.165, 1.54) is 5.56 Å². The number of nitrogen functional groups attached to an aromatic ring is 1. The number of carbonyl (C=O) groups is 1. The number of nitrogens with one attached hydrogen (secondary N) is 1. The van der Waals surface area contributed by atoms with Crippen LogP contribution in [-0.2, 0) is 11.2 Å². The Morgan fingerprint density at radius 1 is 1.22 bits per heavy atom. The van der Waals surface area contributed by atoms with Crippen molar-refractivity contribution in [3.05, 3.63) is 52.8 Å². The van der Waals surface area contributed by atoms with Crippen LogP contribution in [0.15, 0.2) is 30.3 Å². The number of aryl methyl sites for hydroxylation is 2. The van der Waals surface area contributed by atoms with Crippen LogP contribution in [0.3, 0.4) is 0 Å². The summed E-state index contributed by atoms with van der Waals surface area (Å²) in [5.74, 6) is 1.06. The molecule has 0 saturated carbocycles. The van der Waals surface area contributed by atoms with E-state index in [1.54, 1.807) is 4.52 Å². The molecule has 0 aliphatic heterocycles. The van der Waals surface area contributed by atoms with Gasteiger partial charge in [0.25, 0.3) is 5.78 Å². The van der Waals surface area contributed by atoms with Gasteiger partial charge in [-0.3, -0.25) is 4.79 Å². The summed E-state index contributed by atoms with van der Waals surface area (Å²) >= 11 is 0. The highest BCUT2D eigenvalue weighted by Gasteiger charge is 2.15. The lowest BCUT2D eigenvalue weighted by molar-refractivity contribution is -0.121. The van der Waals surface area contributed by atoms with Gasteiger partial charge in [0.05, 0.1) is 0 Å². The van der Waals surface area contributed by atoms with Gasteiger partial charge in [-0.05, 0) is 37.8 Å². The highest BCUT2D eigenvalue weighted by atomic mass is 16.1. The zero-order chi connectivity index (χ0) is 19.4. The van der Waals surface area contributed by atoms with E-state index in [0.717, 1.165) is 23.4 Å². The molecule has 7 heteroatoms. The van der Waals surface area contributed by atoms with Crippen molar-refractivity contribution in [2.45, 2.75) is 46.0 Å². The Balaban J connectivity index is 1.61. The molecule has 1 aromatic carbocycles. The van der Waals surface area contributed by atoms with Gasteiger partial charge >= 0.3 is 0 Å². The van der Waals surface area contributed by atoms with Gasteiger partial charge < -0.3 is 11.1 Å². The maximum Gasteiger partial charge on any atom is 0.254 e. The van der Waals surface area contributed by atoms with Crippen molar-refractivity contribution in [1.82, 2.24) is 24.9 Å². The summed E-state index contributed by atoms with van der Waals surface area (Å²) in [7, 11) is 0. The number of amides is 1. The Morgan fingerprint density at radius 3 is 2.67 bits per heavy atom. The maximum absolute atomic E-state index is 12.4. The van der Waals surface area contributed by atoms with E-state index in [1.807, 2.05) is 32.0 Å². The van der Waals surface area contributed by atoms with Gasteiger partial charge in [-0.2, -0.15) is 9.50 Å². The number of benzene rings is 1. The number of fused-ring (bicyclic) bond motifs is 1. The van der Waals surface area contributed by atoms with E-state index >= 15 is 0 Å². The summed E-state index contributed by atoms with van der Waals surface area (Å²) in [6.45, 7) is 6.66. The number of hydrogen-bond donors (Lipinski definition) is 2. The molecule has 7 nitrogen and oxygen atoms in total. The Labute approximate surface area is 159 Å². The summed E-state index contributed by atoms with van der Waals surface area (Å²) < 4.78 is 1.64. The summed E-state index contributed by atoms with van der Waals surface area (Å²) in [6.07, 6.45) is 2.00. The Bertz CT molecular complexity index is 935. The second-order valence-electron chi connectivity index (χ2n) is 6.76. The summed E-state index contributed by atoms with van der Waals surface area (Å²) in [6, 6.07) is 10.3. The zero-order valence-corrected chi connectivity index (χ0v) is 16.1. The molecule has 0 aliphatic carbocycles. The van der Waals surface area contributed by atoms with Gasteiger partial charge in [0.1, 0.15) is 0 Å². The molecule has 27 heavy (non-hydrogen) atoms. The first-order valence-corrected chi connectivity index (χ1v) is 9.29. The standard InChI is InChI=1S/C20H26N6O/c1-4-15(16-8-6-5-7-9-16)12-22-18(27)11-10-17-13(2)23-20-24-19(21)25-26(20)14(17)3/h5-9,15H,4,10-12H2,1-3H3,(H2,21,25)(H,22,27)/t15-/m0/s1. The van der Waals surface area contributed by atoms with Gasteiger partial charge in [-0.25, -0.2) is 4.98 Å². The summed E-state index contributed by atoms with van der Waals surface area (Å²) in [5.41, 5.74) is 9.71. The number of nitrogens with zero attached hydrogens (tertiary/aromatic N) is 4. The minimum atomic E-state index is 0.0429. The highest BCUT2D eigenvalue weighted by molar-refractivity contribution is 5.76. The fourth-order valence-electron chi connectivity index (χ4n) is 3.37. The van der Waals surface area contributed by atoms with Crippen LogP contribution >= 0.6 is 0 Å². The molecule has 1 atom stereocenters. The average molecular weight is 366 g/mol. The molecule has 0 bridgehead atoms. The van der Waals surface area contributed by atoms with E-state index in [2.05, 4.69) is 39.4 Å². The van der Waals surface area contributed by atoms with Gasteiger partial charge in [-0.1, -0.05) is 37.3 Å². The minimum Gasteiger partial charge on any atom is -0.366 e. The molecule has 0 unspecified atom stereocenters. The molecular weight excluding hydrogens is 340 g/mol. The van der Waals surface area contributed by atoms with Gasteiger partial charge in [0.15, 0.2) is 0 Å². The number of aromatic nitrogens is 4. The Morgan fingerprint density at radius 2 is 1.96 bits per heavy atom. The van der Waals surface area contributed by atoms with Crippen LogP contribution in [0, 0.1) is 13.8 Å². The lowest BCUT2D eigenvalue weighted by atomic mass is 9.96. The third kappa shape index (κ3) is 4.24. The summed E-state index contributed by atoms with van der Waals surface area (Å²) in [4.78, 5) is 20.9. The second-order valence-corrected chi connectivity index (χ2v) is 6.76. The van der Waals surface area contributed by atoms with Crippen LogP contribution in [0.1, 0.15) is 48.2 Å². The number of anilines is 1. The van der Waals surface area contributed by atoms with Crippen LogP contribution in [0.5, 0.6) is 0 Å². The van der Waals surface area contributed by atoms with Crippen LogP contribution in [0.4, 0.5) is 5.95 Å². The van der Waals surface area contributed by atoms with Gasteiger partial charge in [0, 0.05) is 30.3 Å². The number of rotatable bonds is 7. The van der Waals surface area contributed by atoms with Crippen molar-refractivity contribution >= 4 is 17.6 Å². The van der Waals surface area contributed by atoms with Crippen LogP contribution < -0.4 is 11.1 Å². The molecule has 142 valence electrons. The number of hydrogen-bond acceptors (Lipinski definition) is 5. The highest BCUT2D eigenvalue weighted by Crippen LogP contribution is 2.19. The van der Waals surface area contributed by atoms with Crippen molar-refractivity contribution in [3.63, 3.8) is 0 Å². The molecule has 0 saturated heterocycles. The average Bonchev–Trinajstić information content (AvgIpc) is 3.03. The molecule has 2 heterocycles. The number of nitrogens with two attached hydrogens (primary N) is 1. The predicted octanol–water partition coefficient (Wildman–Crippen LogP) is 2.57. The molecule has 3 N–H and O–H groups in total. The lowest BCUT2D eigenvalue weighted by Crippen LogP contribution is -2.28. The van der Waals surface area contributed by atoms with Crippen molar-refractivity contribution in [3.8, 4) is 0 Å². The molecule has 2 aromatic heterocycles. The van der Waals surface area contributed by atoms with E-state index in [9.17, 15) is 4.79 Å². The smallest absolute Gasteiger partial charge is 0.254 e. The van der Waals surface area contributed by atoms with Crippen molar-refractivity contribution in [1.29, 1.82) is 0 Å². The van der Waals surface area contributed by atoms with Crippen LogP contribution in [0.25, 0.3) is 5.78 Å². The van der Waals surface area contributed by atoms with E-state index < -0.39 is 0 Å². The van der Waals surface area contributed by atoms with Gasteiger partial charge in [-0.15, -0.1) is 5.10 Å². The molecule has 0 radical (unpaired) electrons. The molecule has 0 aliphatic rings. The zero-order valence-electron chi connectivity index (χ0n) is 16.1. The Hall–Kier alpha value is -2.96. The largest absolute Gasteiger partial charge is 0.366 e. The van der Waals surface area contributed by atoms with Crippen molar-refractivity contribution in [2.75, 3.05) is 12.3 Å². The minimum absolute atomic E-state index is 0.0429. The first-order chi connectivity index (χ1) is 13.0. The van der Waals surface area contributed by atoms with Gasteiger partial charge in [0.2, 0.25) is 11.9 Å². The normalized spacial score (nSPS) is 12.3. The molecule has 1 amide bonds. The fourth-order valence-corrected chi connectivity index (χ4v) is 3.37. The molecule has 0 fully saturated rings. The predicted molar refractivity (Wildman–Crippen MR) is 105 cm³/mol. The first kappa shape index (κ1) is 18.8. The van der Waals surface area contributed by atoms with Crippen LogP contribution in [-0.4, -0.2) is 32.0 Å². The molecule has 3 rings (SSSR count). The molecular formula is C20H26N6O. The van der Waals surface area contributed by atoms with E-state index in [0.29, 0.717) is 31.1 Å². The van der Waals surface area contributed by atoms with Crippen LogP contribution in [0.2, 0.25) is 0 Å². The molecule has 0 spiro atoms. The number of carbonyl (C=O) groups excluding carboxylic acids is 1. The first-order valence-electron chi connectivity index (χ1n) is 9.29. The van der Waals surface area contributed by atoms with E-state index in [-0.39, 0.29) is 11.9 Å². The third-order valence-electron chi connectivity index (χ3n) is 4.98. The fraction of sp³-hybridized carbons (Fsp3) is 0.400. The maximum atomic E-state index is 12.4. The topological polar surface area (TPSA) is 98.2 Å². The third-order valence-corrected chi connectivity index (χ3v) is 4.98. The van der Waals surface area contributed by atoms with Crippen molar-refractivity contribution in [2.24, 2.45) is 0 Å². The SMILES string of the molecule is CC[C@@H](CNC(=O)CCc1c(C)nc2nc(N)nn2c1C)c1ccccc1. The molecule has 3 aromatic rings.